The highest BCUT2D eigenvalue weighted by Gasteiger charge is 2.26. The van der Waals surface area contributed by atoms with Crippen molar-refractivity contribution in [1.82, 2.24) is 10.1 Å². The Labute approximate surface area is 121 Å². The van der Waals surface area contributed by atoms with Crippen LogP contribution < -0.4 is 0 Å². The molecule has 0 amide bonds. The van der Waals surface area contributed by atoms with Gasteiger partial charge in [0.1, 0.15) is 6.10 Å². The predicted octanol–water partition coefficient (Wildman–Crippen LogP) is 3.82. The number of nitrogens with zero attached hydrogens (tertiary/aromatic N) is 3. The van der Waals surface area contributed by atoms with Gasteiger partial charge in [-0.05, 0) is 25.2 Å². The normalized spacial score (nSPS) is 15.6. The van der Waals surface area contributed by atoms with Crippen molar-refractivity contribution < 1.29 is 9.26 Å². The molecule has 5 nitrogen and oxygen atoms in total. The molecule has 0 saturated heterocycles. The van der Waals surface area contributed by atoms with Gasteiger partial charge in [0.05, 0.1) is 6.07 Å². The third-order valence-corrected chi connectivity index (χ3v) is 3.63. The maximum Gasteiger partial charge on any atom is 0.227 e. The van der Waals surface area contributed by atoms with E-state index in [4.69, 9.17) is 14.5 Å². The summed E-state index contributed by atoms with van der Waals surface area (Å²) in [5.41, 5.74) is -0.107. The molecular formula is C15H25N3O2. The fraction of sp³-hybridized carbons (Fsp3) is 0.800. The van der Waals surface area contributed by atoms with Gasteiger partial charge in [-0.15, -0.1) is 0 Å². The zero-order valence-corrected chi connectivity index (χ0v) is 13.0. The van der Waals surface area contributed by atoms with E-state index in [1.165, 1.54) is 0 Å². The van der Waals surface area contributed by atoms with Gasteiger partial charge < -0.3 is 9.26 Å². The summed E-state index contributed by atoms with van der Waals surface area (Å²) in [5, 5.41) is 12.9. The number of hydrogen-bond acceptors (Lipinski definition) is 5. The number of rotatable bonds is 9. The second-order valence-corrected chi connectivity index (χ2v) is 5.45. The summed E-state index contributed by atoms with van der Waals surface area (Å²) < 4.78 is 11.0. The fourth-order valence-corrected chi connectivity index (χ4v) is 2.09. The van der Waals surface area contributed by atoms with Crippen molar-refractivity contribution in [2.75, 3.05) is 6.61 Å². The molecule has 5 heteroatoms. The molecule has 2 unspecified atom stereocenters. The highest BCUT2D eigenvalue weighted by Crippen LogP contribution is 2.30. The van der Waals surface area contributed by atoms with E-state index in [0.717, 1.165) is 19.3 Å². The zero-order chi connectivity index (χ0) is 15.0. The lowest BCUT2D eigenvalue weighted by molar-refractivity contribution is 0.0477. The number of aromatic nitrogens is 2. The lowest BCUT2D eigenvalue weighted by Crippen LogP contribution is -2.18. The van der Waals surface area contributed by atoms with Crippen molar-refractivity contribution in [2.45, 2.75) is 65.9 Å². The third-order valence-electron chi connectivity index (χ3n) is 3.63. The second kappa shape index (κ2) is 8.01. The van der Waals surface area contributed by atoms with Crippen molar-refractivity contribution in [3.63, 3.8) is 0 Å². The Morgan fingerprint density at radius 1 is 1.40 bits per heavy atom. The summed E-state index contributed by atoms with van der Waals surface area (Å²) in [5.74, 6) is 1.22. The van der Waals surface area contributed by atoms with Gasteiger partial charge in [0.2, 0.25) is 11.7 Å². The molecule has 0 saturated carbocycles. The third kappa shape index (κ3) is 4.61. The highest BCUT2D eigenvalue weighted by molar-refractivity contribution is 4.96. The minimum atomic E-state index is -0.107. The van der Waals surface area contributed by atoms with Crippen LogP contribution in [0.1, 0.15) is 71.2 Å². The molecule has 0 bridgehead atoms. The Morgan fingerprint density at radius 2 is 2.15 bits per heavy atom. The fourth-order valence-electron chi connectivity index (χ4n) is 2.09. The van der Waals surface area contributed by atoms with Crippen LogP contribution in [0.15, 0.2) is 4.52 Å². The summed E-state index contributed by atoms with van der Waals surface area (Å²) in [7, 11) is 0. The van der Waals surface area contributed by atoms with Crippen molar-refractivity contribution in [3.8, 4) is 6.07 Å². The number of nitriles is 1. The van der Waals surface area contributed by atoms with Gasteiger partial charge in [0.25, 0.3) is 0 Å². The number of hydrogen-bond donors (Lipinski definition) is 0. The van der Waals surface area contributed by atoms with Gasteiger partial charge >= 0.3 is 0 Å². The SMILES string of the molecule is CCCC(OCC)c1noc(CC(C)(CC)CC#N)n1. The summed E-state index contributed by atoms with van der Waals surface area (Å²) in [6.45, 7) is 8.86. The minimum absolute atomic E-state index is 0.0913. The molecule has 0 N–H and O–H groups in total. The Kier molecular flexibility index (Phi) is 6.66. The molecule has 0 aliphatic rings. The number of ether oxygens (including phenoxy) is 1. The molecule has 2 atom stereocenters. The van der Waals surface area contributed by atoms with E-state index in [1.54, 1.807) is 0 Å². The molecule has 0 spiro atoms. The van der Waals surface area contributed by atoms with Gasteiger partial charge in [-0.1, -0.05) is 32.3 Å². The van der Waals surface area contributed by atoms with Crippen LogP contribution in [0.3, 0.4) is 0 Å². The summed E-state index contributed by atoms with van der Waals surface area (Å²) in [6, 6.07) is 2.24. The first-order valence-electron chi connectivity index (χ1n) is 7.39. The van der Waals surface area contributed by atoms with Crippen molar-refractivity contribution in [3.05, 3.63) is 11.7 Å². The molecule has 0 radical (unpaired) electrons. The van der Waals surface area contributed by atoms with Crippen LogP contribution in [0.25, 0.3) is 0 Å². The van der Waals surface area contributed by atoms with Gasteiger partial charge in [-0.3, -0.25) is 0 Å². The van der Waals surface area contributed by atoms with Crippen LogP contribution in [-0.2, 0) is 11.2 Å². The molecule has 1 aromatic rings. The molecule has 1 rings (SSSR count). The van der Waals surface area contributed by atoms with E-state index in [0.29, 0.717) is 31.2 Å². The molecular weight excluding hydrogens is 254 g/mol. The Balaban J connectivity index is 2.77. The first-order valence-corrected chi connectivity index (χ1v) is 7.39. The first kappa shape index (κ1) is 16.6. The largest absolute Gasteiger partial charge is 0.370 e. The summed E-state index contributed by atoms with van der Waals surface area (Å²) >= 11 is 0. The summed E-state index contributed by atoms with van der Waals surface area (Å²) in [6.07, 6.45) is 3.83. The van der Waals surface area contributed by atoms with Crippen LogP contribution in [0.2, 0.25) is 0 Å². The Bertz CT molecular complexity index is 433. The van der Waals surface area contributed by atoms with Crippen molar-refractivity contribution in [2.24, 2.45) is 5.41 Å². The van der Waals surface area contributed by atoms with Crippen LogP contribution >= 0.6 is 0 Å². The first-order chi connectivity index (χ1) is 9.58. The van der Waals surface area contributed by atoms with E-state index in [-0.39, 0.29) is 11.5 Å². The molecule has 0 aromatic carbocycles. The highest BCUT2D eigenvalue weighted by atomic mass is 16.5. The lowest BCUT2D eigenvalue weighted by atomic mass is 9.81. The molecule has 1 aromatic heterocycles. The average molecular weight is 279 g/mol. The van der Waals surface area contributed by atoms with E-state index >= 15 is 0 Å². The van der Waals surface area contributed by atoms with Crippen LogP contribution in [0.5, 0.6) is 0 Å². The lowest BCUT2D eigenvalue weighted by Gasteiger charge is -2.22. The minimum Gasteiger partial charge on any atom is -0.370 e. The monoisotopic (exact) mass is 279 g/mol. The van der Waals surface area contributed by atoms with Crippen LogP contribution in [0, 0.1) is 16.7 Å². The van der Waals surface area contributed by atoms with Crippen LogP contribution in [0.4, 0.5) is 0 Å². The Hall–Kier alpha value is -1.41. The van der Waals surface area contributed by atoms with Crippen LogP contribution in [-0.4, -0.2) is 16.7 Å². The average Bonchev–Trinajstić information content (AvgIpc) is 2.87. The van der Waals surface area contributed by atoms with E-state index in [2.05, 4.69) is 37.0 Å². The van der Waals surface area contributed by atoms with E-state index in [1.807, 2.05) is 6.92 Å². The van der Waals surface area contributed by atoms with Crippen molar-refractivity contribution in [1.29, 1.82) is 5.26 Å². The zero-order valence-electron chi connectivity index (χ0n) is 13.0. The molecule has 112 valence electrons. The standard InChI is InChI=1S/C15H25N3O2/c1-5-8-12(19-7-3)14-17-13(20-18-14)11-15(4,6-2)9-10-16/h12H,5-9,11H2,1-4H3. The maximum absolute atomic E-state index is 8.91. The maximum atomic E-state index is 8.91. The van der Waals surface area contributed by atoms with E-state index < -0.39 is 0 Å². The van der Waals surface area contributed by atoms with E-state index in [9.17, 15) is 0 Å². The molecule has 0 aliphatic heterocycles. The molecule has 20 heavy (non-hydrogen) atoms. The Morgan fingerprint density at radius 3 is 2.70 bits per heavy atom. The topological polar surface area (TPSA) is 71.9 Å². The van der Waals surface area contributed by atoms with Gasteiger partial charge in [0, 0.05) is 19.4 Å². The van der Waals surface area contributed by atoms with Gasteiger partial charge in [0.15, 0.2) is 0 Å². The second-order valence-electron chi connectivity index (χ2n) is 5.45. The quantitative estimate of drug-likeness (QED) is 0.687. The summed E-state index contributed by atoms with van der Waals surface area (Å²) in [4.78, 5) is 4.45. The molecule has 0 aliphatic carbocycles. The predicted molar refractivity (Wildman–Crippen MR) is 75.9 cm³/mol. The van der Waals surface area contributed by atoms with Crippen molar-refractivity contribution >= 4 is 0 Å². The molecule has 0 fully saturated rings. The van der Waals surface area contributed by atoms with Gasteiger partial charge in [-0.25, -0.2) is 0 Å². The van der Waals surface area contributed by atoms with Gasteiger partial charge in [-0.2, -0.15) is 10.2 Å². The molecule has 1 heterocycles. The smallest absolute Gasteiger partial charge is 0.227 e.